The fraction of sp³-hybridized carbons (Fsp3) is 0.333. The maximum atomic E-state index is 10.9. The summed E-state index contributed by atoms with van der Waals surface area (Å²) in [4.78, 5) is 10.9. The van der Waals surface area contributed by atoms with Crippen LogP contribution in [0.3, 0.4) is 0 Å². The molecule has 0 atom stereocenters. The van der Waals surface area contributed by atoms with Crippen molar-refractivity contribution >= 4 is 17.7 Å². The minimum Gasteiger partial charge on any atom is -0.475 e. The van der Waals surface area contributed by atoms with Crippen molar-refractivity contribution in [3.05, 3.63) is 34.9 Å². The lowest BCUT2D eigenvalue weighted by atomic mass is 10.3. The van der Waals surface area contributed by atoms with Crippen molar-refractivity contribution < 1.29 is 14.3 Å². The Balaban J connectivity index is 2.09. The van der Waals surface area contributed by atoms with Crippen LogP contribution in [0.4, 0.5) is 0 Å². The van der Waals surface area contributed by atoms with E-state index in [1.807, 2.05) is 20.0 Å². The van der Waals surface area contributed by atoms with Gasteiger partial charge < -0.3 is 9.52 Å². The van der Waals surface area contributed by atoms with E-state index in [1.165, 1.54) is 0 Å². The van der Waals surface area contributed by atoms with E-state index in [0.29, 0.717) is 17.1 Å². The van der Waals surface area contributed by atoms with Crippen LogP contribution in [-0.4, -0.2) is 20.9 Å². The highest BCUT2D eigenvalue weighted by atomic mass is 32.2. The van der Waals surface area contributed by atoms with E-state index in [0.717, 1.165) is 10.7 Å². The molecule has 2 rings (SSSR count). The Kier molecular flexibility index (Phi) is 3.47. The summed E-state index contributed by atoms with van der Waals surface area (Å²) in [6.07, 6.45) is 0. The number of thioether (sulfide) groups is 1. The van der Waals surface area contributed by atoms with Gasteiger partial charge in [0.2, 0.25) is 5.76 Å². The summed E-state index contributed by atoms with van der Waals surface area (Å²) in [6, 6.07) is 3.75. The first-order valence-electron chi connectivity index (χ1n) is 5.43. The number of aryl methyl sites for hydroxylation is 3. The third-order valence-electron chi connectivity index (χ3n) is 2.48. The van der Waals surface area contributed by atoms with E-state index in [2.05, 4.69) is 5.10 Å². The maximum Gasteiger partial charge on any atom is 0.372 e. The topological polar surface area (TPSA) is 68.3 Å². The van der Waals surface area contributed by atoms with Gasteiger partial charge in [-0.15, -0.1) is 0 Å². The van der Waals surface area contributed by atoms with Crippen molar-refractivity contribution in [1.29, 1.82) is 0 Å². The molecule has 0 fully saturated rings. The van der Waals surface area contributed by atoms with Gasteiger partial charge in [0.1, 0.15) is 5.76 Å². The van der Waals surface area contributed by atoms with Gasteiger partial charge >= 0.3 is 5.97 Å². The Hall–Kier alpha value is -1.69. The van der Waals surface area contributed by atoms with Crippen LogP contribution in [0.1, 0.15) is 27.6 Å². The third-order valence-corrected chi connectivity index (χ3v) is 3.59. The Bertz CT molecular complexity index is 586. The summed E-state index contributed by atoms with van der Waals surface area (Å²) in [5, 5.41) is 14.2. The molecular formula is C12H14N2O3S. The number of carbonyl (C=O) groups is 1. The smallest absolute Gasteiger partial charge is 0.372 e. The zero-order valence-electron chi connectivity index (χ0n) is 10.4. The molecule has 0 spiro atoms. The molecule has 0 aliphatic rings. The monoisotopic (exact) mass is 266 g/mol. The van der Waals surface area contributed by atoms with Gasteiger partial charge in [-0.05, 0) is 26.0 Å². The van der Waals surface area contributed by atoms with Crippen LogP contribution in [0.15, 0.2) is 21.6 Å². The van der Waals surface area contributed by atoms with Crippen molar-refractivity contribution in [1.82, 2.24) is 9.78 Å². The van der Waals surface area contributed by atoms with Gasteiger partial charge in [0, 0.05) is 12.6 Å². The van der Waals surface area contributed by atoms with Crippen LogP contribution in [-0.2, 0) is 12.8 Å². The van der Waals surface area contributed by atoms with E-state index >= 15 is 0 Å². The maximum absolute atomic E-state index is 10.9. The molecule has 0 aromatic carbocycles. The lowest BCUT2D eigenvalue weighted by Gasteiger charge is -1.98. The molecule has 2 aromatic heterocycles. The average Bonchev–Trinajstić information content (AvgIpc) is 2.79. The van der Waals surface area contributed by atoms with Crippen molar-refractivity contribution in [2.24, 2.45) is 7.05 Å². The van der Waals surface area contributed by atoms with Gasteiger partial charge in [0.15, 0.2) is 0 Å². The molecule has 0 aliphatic heterocycles. The Labute approximate surface area is 109 Å². The summed E-state index contributed by atoms with van der Waals surface area (Å²) in [7, 11) is 1.88. The number of nitrogens with zero attached hydrogens (tertiary/aromatic N) is 2. The molecule has 0 unspecified atom stereocenters. The number of furan rings is 1. The first kappa shape index (κ1) is 12.8. The zero-order valence-corrected chi connectivity index (χ0v) is 11.2. The number of hydrogen-bond acceptors (Lipinski definition) is 4. The van der Waals surface area contributed by atoms with Crippen LogP contribution >= 0.6 is 11.8 Å². The molecule has 6 heteroatoms. The molecule has 0 aliphatic carbocycles. The number of aromatic nitrogens is 2. The van der Waals surface area contributed by atoms with Crippen LogP contribution in [0.5, 0.6) is 0 Å². The molecule has 0 bridgehead atoms. The average molecular weight is 266 g/mol. The van der Waals surface area contributed by atoms with Crippen molar-refractivity contribution in [2.45, 2.75) is 24.6 Å². The second-order valence-corrected chi connectivity index (χ2v) is 5.06. The molecule has 0 saturated carbocycles. The number of carboxylic acid groups (broad SMARTS) is 1. The lowest BCUT2D eigenvalue weighted by molar-refractivity contribution is 0.0659. The molecular weight excluding hydrogens is 252 g/mol. The molecule has 18 heavy (non-hydrogen) atoms. The van der Waals surface area contributed by atoms with E-state index in [4.69, 9.17) is 9.52 Å². The van der Waals surface area contributed by atoms with Gasteiger partial charge in [0.05, 0.1) is 16.5 Å². The summed E-state index contributed by atoms with van der Waals surface area (Å²) in [5.74, 6) is 0.244. The summed E-state index contributed by atoms with van der Waals surface area (Å²) in [5.41, 5.74) is 1.61. The highest BCUT2D eigenvalue weighted by molar-refractivity contribution is 7.98. The molecule has 1 N–H and O–H groups in total. The second kappa shape index (κ2) is 4.89. The summed E-state index contributed by atoms with van der Waals surface area (Å²) in [6.45, 7) is 3.67. The van der Waals surface area contributed by atoms with Crippen molar-refractivity contribution in [2.75, 3.05) is 0 Å². The number of rotatable bonds is 4. The predicted octanol–water partition coefficient (Wildman–Crippen LogP) is 2.62. The van der Waals surface area contributed by atoms with Gasteiger partial charge in [-0.3, -0.25) is 4.68 Å². The zero-order chi connectivity index (χ0) is 13.3. The summed E-state index contributed by atoms with van der Waals surface area (Å²) >= 11 is 1.57. The van der Waals surface area contributed by atoms with Gasteiger partial charge in [-0.25, -0.2) is 4.79 Å². The molecule has 0 radical (unpaired) electrons. The third kappa shape index (κ3) is 2.59. The highest BCUT2D eigenvalue weighted by Crippen LogP contribution is 2.25. The molecule has 0 amide bonds. The fourth-order valence-corrected chi connectivity index (χ4v) is 2.61. The highest BCUT2D eigenvalue weighted by Gasteiger charge is 2.14. The Morgan fingerprint density at radius 1 is 1.50 bits per heavy atom. The van der Waals surface area contributed by atoms with E-state index in [1.54, 1.807) is 29.4 Å². The summed E-state index contributed by atoms with van der Waals surface area (Å²) < 4.78 is 7.09. The van der Waals surface area contributed by atoms with Crippen molar-refractivity contribution in [3.63, 3.8) is 0 Å². The van der Waals surface area contributed by atoms with E-state index < -0.39 is 5.97 Å². The minimum absolute atomic E-state index is 0.0202. The fourth-order valence-electron chi connectivity index (χ4n) is 1.70. The molecule has 5 nitrogen and oxygen atoms in total. The quantitative estimate of drug-likeness (QED) is 0.861. The Morgan fingerprint density at radius 2 is 2.22 bits per heavy atom. The number of aromatic carboxylic acids is 1. The van der Waals surface area contributed by atoms with Crippen LogP contribution in [0.2, 0.25) is 0 Å². The number of carboxylic acids is 1. The van der Waals surface area contributed by atoms with Crippen LogP contribution in [0, 0.1) is 13.8 Å². The van der Waals surface area contributed by atoms with E-state index in [9.17, 15) is 4.79 Å². The van der Waals surface area contributed by atoms with Crippen LogP contribution in [0.25, 0.3) is 0 Å². The van der Waals surface area contributed by atoms with Crippen LogP contribution < -0.4 is 0 Å². The van der Waals surface area contributed by atoms with E-state index in [-0.39, 0.29) is 5.76 Å². The van der Waals surface area contributed by atoms with Crippen molar-refractivity contribution in [3.8, 4) is 0 Å². The second-order valence-electron chi connectivity index (χ2n) is 4.07. The Morgan fingerprint density at radius 3 is 2.72 bits per heavy atom. The van der Waals surface area contributed by atoms with Gasteiger partial charge in [-0.2, -0.15) is 5.10 Å². The normalized spacial score (nSPS) is 10.8. The molecule has 2 heterocycles. The SMILES string of the molecule is Cc1cc(SCc2cc(C)c(C(=O)O)o2)n(C)n1. The predicted molar refractivity (Wildman–Crippen MR) is 67.9 cm³/mol. The first-order chi connectivity index (χ1) is 8.47. The molecule has 2 aromatic rings. The first-order valence-corrected chi connectivity index (χ1v) is 6.42. The standard InChI is InChI=1S/C12H14N2O3S/c1-7-4-9(17-11(7)12(15)16)6-18-10-5-8(2)13-14(10)3/h4-5H,6H2,1-3H3,(H,15,16). The van der Waals surface area contributed by atoms with Gasteiger partial charge in [0.25, 0.3) is 0 Å². The largest absolute Gasteiger partial charge is 0.475 e. The number of hydrogen-bond donors (Lipinski definition) is 1. The minimum atomic E-state index is -1.03. The lowest BCUT2D eigenvalue weighted by Crippen LogP contribution is -1.95. The molecule has 96 valence electrons. The van der Waals surface area contributed by atoms with Gasteiger partial charge in [-0.1, -0.05) is 11.8 Å². The molecule has 0 saturated heterocycles.